The molecule has 0 saturated carbocycles. The lowest BCUT2D eigenvalue weighted by Crippen LogP contribution is -2.18. The highest BCUT2D eigenvalue weighted by Crippen LogP contribution is 2.08. The van der Waals surface area contributed by atoms with Crippen molar-refractivity contribution in [2.45, 2.75) is 39.8 Å². The van der Waals surface area contributed by atoms with Gasteiger partial charge in [0.25, 0.3) is 0 Å². The van der Waals surface area contributed by atoms with Crippen LogP contribution < -0.4 is 0 Å². The van der Waals surface area contributed by atoms with Crippen LogP contribution in [0.3, 0.4) is 0 Å². The Hall–Kier alpha value is -1.06. The van der Waals surface area contributed by atoms with E-state index in [0.29, 0.717) is 0 Å². The summed E-state index contributed by atoms with van der Waals surface area (Å²) in [5.74, 6) is 0.242. The molecule has 0 heterocycles. The Kier molecular flexibility index (Phi) is 5.92. The van der Waals surface area contributed by atoms with E-state index in [2.05, 4.69) is 10.2 Å². The fourth-order valence-electron chi connectivity index (χ4n) is 0.789. The van der Waals surface area contributed by atoms with Crippen LogP contribution in [-0.2, 0) is 9.59 Å². The van der Waals surface area contributed by atoms with E-state index < -0.39 is 12.1 Å². The van der Waals surface area contributed by atoms with E-state index in [1.54, 1.807) is 0 Å². The molecule has 14 heavy (non-hydrogen) atoms. The van der Waals surface area contributed by atoms with Crippen molar-refractivity contribution < 1.29 is 9.59 Å². The molecular weight excluding hydrogens is 180 g/mol. The number of aldehydes is 2. The van der Waals surface area contributed by atoms with Crippen molar-refractivity contribution in [3.05, 3.63) is 0 Å². The zero-order valence-electron chi connectivity index (χ0n) is 9.18. The van der Waals surface area contributed by atoms with Gasteiger partial charge in [0.2, 0.25) is 0 Å². The second kappa shape index (κ2) is 6.40. The average Bonchev–Trinajstić information content (AvgIpc) is 2.11. The fraction of sp³-hybridized carbons (Fsp3) is 0.800. The van der Waals surface area contributed by atoms with Crippen molar-refractivity contribution in [3.8, 4) is 0 Å². The molecule has 80 valence electrons. The van der Waals surface area contributed by atoms with Crippen LogP contribution in [0.4, 0.5) is 0 Å². The third-order valence-electron chi connectivity index (χ3n) is 1.98. The molecule has 4 nitrogen and oxygen atoms in total. The first kappa shape index (κ1) is 12.9. The van der Waals surface area contributed by atoms with Gasteiger partial charge in [-0.1, -0.05) is 27.7 Å². The lowest BCUT2D eigenvalue weighted by molar-refractivity contribution is -0.111. The minimum atomic E-state index is -0.434. The van der Waals surface area contributed by atoms with Crippen LogP contribution in [0.1, 0.15) is 27.7 Å². The molecular formula is C10H18N2O2. The Bertz CT molecular complexity index is 190. The minimum Gasteiger partial charge on any atom is -0.301 e. The summed E-state index contributed by atoms with van der Waals surface area (Å²) < 4.78 is 0. The van der Waals surface area contributed by atoms with Gasteiger partial charge >= 0.3 is 0 Å². The first-order valence-electron chi connectivity index (χ1n) is 4.83. The third kappa shape index (κ3) is 4.25. The highest BCUT2D eigenvalue weighted by Gasteiger charge is 2.14. The fourth-order valence-corrected chi connectivity index (χ4v) is 0.789. The SMILES string of the molecule is CC(C)C(C=O)N=NC(C=O)C(C)C. The van der Waals surface area contributed by atoms with E-state index in [0.717, 1.165) is 12.6 Å². The molecule has 0 aliphatic heterocycles. The molecule has 0 aromatic carbocycles. The lowest BCUT2D eigenvalue weighted by Gasteiger charge is -2.10. The number of carbonyl (C=O) groups excluding carboxylic acids is 2. The normalized spacial score (nSPS) is 16.1. The van der Waals surface area contributed by atoms with Crippen molar-refractivity contribution >= 4 is 12.6 Å². The van der Waals surface area contributed by atoms with E-state index in [4.69, 9.17) is 0 Å². The molecule has 0 bridgehead atoms. The topological polar surface area (TPSA) is 58.9 Å². The highest BCUT2D eigenvalue weighted by molar-refractivity contribution is 5.59. The molecule has 0 fully saturated rings. The maximum Gasteiger partial charge on any atom is 0.146 e. The zero-order valence-corrected chi connectivity index (χ0v) is 9.18. The van der Waals surface area contributed by atoms with Crippen molar-refractivity contribution in [1.29, 1.82) is 0 Å². The molecule has 0 N–H and O–H groups in total. The van der Waals surface area contributed by atoms with E-state index in [1.807, 2.05) is 27.7 Å². The Morgan fingerprint density at radius 1 is 0.786 bits per heavy atom. The summed E-state index contributed by atoms with van der Waals surface area (Å²) in [7, 11) is 0. The van der Waals surface area contributed by atoms with Gasteiger partial charge in [0.1, 0.15) is 24.7 Å². The molecule has 0 saturated heterocycles. The molecule has 2 unspecified atom stereocenters. The molecule has 0 aliphatic rings. The van der Waals surface area contributed by atoms with Crippen molar-refractivity contribution in [2.75, 3.05) is 0 Å². The third-order valence-corrected chi connectivity index (χ3v) is 1.98. The highest BCUT2D eigenvalue weighted by atomic mass is 16.1. The minimum absolute atomic E-state index is 0.121. The van der Waals surface area contributed by atoms with Gasteiger partial charge in [-0.2, -0.15) is 10.2 Å². The largest absolute Gasteiger partial charge is 0.301 e. The number of hydrogen-bond donors (Lipinski definition) is 0. The second-order valence-electron chi connectivity index (χ2n) is 3.97. The smallest absolute Gasteiger partial charge is 0.146 e. The summed E-state index contributed by atoms with van der Waals surface area (Å²) in [6, 6.07) is -0.868. The molecule has 4 heteroatoms. The Morgan fingerprint density at radius 2 is 1.07 bits per heavy atom. The second-order valence-corrected chi connectivity index (χ2v) is 3.97. The van der Waals surface area contributed by atoms with Gasteiger partial charge in [-0.3, -0.25) is 0 Å². The summed E-state index contributed by atoms with van der Waals surface area (Å²) in [5, 5.41) is 7.72. The maximum absolute atomic E-state index is 10.6. The molecule has 0 aromatic rings. The van der Waals surface area contributed by atoms with Crippen molar-refractivity contribution in [2.24, 2.45) is 22.1 Å². The lowest BCUT2D eigenvalue weighted by atomic mass is 10.1. The Morgan fingerprint density at radius 3 is 1.21 bits per heavy atom. The van der Waals surface area contributed by atoms with Gasteiger partial charge in [0, 0.05) is 0 Å². The number of nitrogens with zero attached hydrogens (tertiary/aromatic N) is 2. The predicted octanol–water partition coefficient (Wildman–Crippen LogP) is 1.89. The molecule has 0 spiro atoms. The predicted molar refractivity (Wildman–Crippen MR) is 54.2 cm³/mol. The monoisotopic (exact) mass is 198 g/mol. The van der Waals surface area contributed by atoms with Crippen LogP contribution in [0.2, 0.25) is 0 Å². The van der Waals surface area contributed by atoms with E-state index in [9.17, 15) is 9.59 Å². The van der Waals surface area contributed by atoms with Crippen LogP contribution in [0, 0.1) is 11.8 Å². The summed E-state index contributed by atoms with van der Waals surface area (Å²) >= 11 is 0. The number of azo groups is 1. The molecule has 0 radical (unpaired) electrons. The first-order chi connectivity index (χ1) is 6.52. The zero-order chi connectivity index (χ0) is 11.1. The molecule has 0 aliphatic carbocycles. The molecule has 0 rings (SSSR count). The van der Waals surface area contributed by atoms with Gasteiger partial charge in [0.15, 0.2) is 0 Å². The van der Waals surface area contributed by atoms with Gasteiger partial charge in [-0.25, -0.2) is 0 Å². The van der Waals surface area contributed by atoms with Crippen LogP contribution in [0.15, 0.2) is 10.2 Å². The average molecular weight is 198 g/mol. The van der Waals surface area contributed by atoms with E-state index in [-0.39, 0.29) is 11.8 Å². The first-order valence-corrected chi connectivity index (χ1v) is 4.83. The molecule has 0 aromatic heterocycles. The maximum atomic E-state index is 10.6. The van der Waals surface area contributed by atoms with Gasteiger partial charge in [-0.15, -0.1) is 0 Å². The van der Waals surface area contributed by atoms with Crippen molar-refractivity contribution in [1.82, 2.24) is 0 Å². The van der Waals surface area contributed by atoms with Gasteiger partial charge in [0.05, 0.1) is 0 Å². The van der Waals surface area contributed by atoms with Crippen molar-refractivity contribution in [3.63, 3.8) is 0 Å². The number of hydrogen-bond acceptors (Lipinski definition) is 4. The Balaban J connectivity index is 4.37. The molecule has 2 atom stereocenters. The quantitative estimate of drug-likeness (QED) is 0.483. The van der Waals surface area contributed by atoms with Crippen LogP contribution in [0.5, 0.6) is 0 Å². The summed E-state index contributed by atoms with van der Waals surface area (Å²) in [6.07, 6.45) is 1.52. The van der Waals surface area contributed by atoms with Crippen LogP contribution in [0.25, 0.3) is 0 Å². The molecule has 0 amide bonds. The van der Waals surface area contributed by atoms with Gasteiger partial charge in [-0.05, 0) is 11.8 Å². The van der Waals surface area contributed by atoms with Crippen LogP contribution >= 0.6 is 0 Å². The van der Waals surface area contributed by atoms with E-state index in [1.165, 1.54) is 0 Å². The number of rotatable bonds is 6. The van der Waals surface area contributed by atoms with E-state index >= 15 is 0 Å². The van der Waals surface area contributed by atoms with Crippen LogP contribution in [-0.4, -0.2) is 24.7 Å². The summed E-state index contributed by atoms with van der Waals surface area (Å²) in [5.41, 5.74) is 0. The Labute approximate surface area is 84.8 Å². The standard InChI is InChI=1S/C10H18N2O2/c1-7(2)9(5-13)11-12-10(6-14)8(3)4/h5-10H,1-4H3. The summed E-state index contributed by atoms with van der Waals surface area (Å²) in [4.78, 5) is 21.2. The number of carbonyl (C=O) groups is 2. The summed E-state index contributed by atoms with van der Waals surface area (Å²) in [6.45, 7) is 7.57. The van der Waals surface area contributed by atoms with Gasteiger partial charge < -0.3 is 9.59 Å².